The summed E-state index contributed by atoms with van der Waals surface area (Å²) in [4.78, 5) is 0. The monoisotopic (exact) mass is 181 g/mol. The van der Waals surface area contributed by atoms with Crippen molar-refractivity contribution in [1.29, 1.82) is 0 Å². The van der Waals surface area contributed by atoms with E-state index in [0.717, 1.165) is 0 Å². The fourth-order valence-corrected chi connectivity index (χ4v) is 1.42. The fraction of sp³-hybridized carbons (Fsp3) is 1.00. The van der Waals surface area contributed by atoms with E-state index in [1.54, 1.807) is 0 Å². The molecule has 0 aromatic heterocycles. The predicted molar refractivity (Wildman–Crippen MR) is 55.4 cm³/mol. The van der Waals surface area contributed by atoms with Crippen LogP contribution >= 0.6 is 0 Å². The van der Waals surface area contributed by atoms with Crippen LogP contribution in [0.15, 0.2) is 0 Å². The maximum absolute atomic E-state index is 8.96. The van der Waals surface area contributed by atoms with Gasteiger partial charge in [-0.05, 0) is 18.8 Å². The Morgan fingerprint density at radius 1 is 1.00 bits per heavy atom. The Balaban J connectivity index is 0. The smallest absolute Gasteiger partial charge is 0.0459 e. The van der Waals surface area contributed by atoms with Gasteiger partial charge in [-0.3, -0.25) is 0 Å². The van der Waals surface area contributed by atoms with Crippen LogP contribution in [0.4, 0.5) is 0 Å². The van der Waals surface area contributed by atoms with Gasteiger partial charge >= 0.3 is 0 Å². The first-order valence-electron chi connectivity index (χ1n) is 4.96. The van der Waals surface area contributed by atoms with E-state index in [4.69, 9.17) is 5.11 Å². The molecule has 0 aromatic rings. The molecular formula is C10H22NaO. The molecule has 0 saturated carbocycles. The van der Waals surface area contributed by atoms with Crippen molar-refractivity contribution < 1.29 is 5.11 Å². The molecular weight excluding hydrogens is 159 g/mol. The summed E-state index contributed by atoms with van der Waals surface area (Å²) < 4.78 is 0. The number of rotatable bonds is 7. The molecule has 0 aliphatic heterocycles. The molecule has 1 N–H and O–H groups in total. The van der Waals surface area contributed by atoms with Crippen molar-refractivity contribution in [3.05, 3.63) is 0 Å². The quantitative estimate of drug-likeness (QED) is 0.473. The van der Waals surface area contributed by atoms with Crippen LogP contribution in [-0.4, -0.2) is 41.3 Å². The Morgan fingerprint density at radius 3 is 2.08 bits per heavy atom. The van der Waals surface area contributed by atoms with Crippen LogP contribution < -0.4 is 0 Å². The minimum absolute atomic E-state index is 0. The molecule has 1 radical (unpaired) electrons. The number of aliphatic hydroxyl groups excluding tert-OH is 1. The maximum Gasteiger partial charge on any atom is 0.0459 e. The number of aliphatic hydroxyl groups is 1. The van der Waals surface area contributed by atoms with Gasteiger partial charge in [0.25, 0.3) is 0 Å². The van der Waals surface area contributed by atoms with E-state index in [9.17, 15) is 0 Å². The zero-order chi connectivity index (χ0) is 8.53. The molecule has 0 spiro atoms. The summed E-state index contributed by atoms with van der Waals surface area (Å²) in [7, 11) is 0. The zero-order valence-electron chi connectivity index (χ0n) is 8.97. The Hall–Kier alpha value is 0.960. The average Bonchev–Trinajstić information content (AvgIpc) is 2.03. The van der Waals surface area contributed by atoms with Crippen molar-refractivity contribution in [2.75, 3.05) is 6.61 Å². The van der Waals surface area contributed by atoms with E-state index < -0.39 is 0 Å². The number of unbranched alkanes of at least 4 members (excludes halogenated alkanes) is 2. The third kappa shape index (κ3) is 9.05. The first-order chi connectivity index (χ1) is 5.35. The molecule has 1 atom stereocenters. The van der Waals surface area contributed by atoms with E-state index in [2.05, 4.69) is 13.8 Å². The van der Waals surface area contributed by atoms with Crippen LogP contribution in [0.3, 0.4) is 0 Å². The van der Waals surface area contributed by atoms with E-state index >= 15 is 0 Å². The van der Waals surface area contributed by atoms with Crippen LogP contribution in [0.1, 0.15) is 52.4 Å². The number of hydrogen-bond donors (Lipinski definition) is 1. The number of hydrogen-bond acceptors (Lipinski definition) is 1. The standard InChI is InChI=1S/C10H22O.Na/c1-3-5-6-8-10(9-11)7-4-2;/h10-11H,3-9H2,1-2H3;. The maximum atomic E-state index is 8.96. The van der Waals surface area contributed by atoms with Crippen LogP contribution in [0.2, 0.25) is 0 Å². The first kappa shape index (κ1) is 15.4. The van der Waals surface area contributed by atoms with E-state index in [1.807, 2.05) is 0 Å². The van der Waals surface area contributed by atoms with Gasteiger partial charge in [-0.25, -0.2) is 0 Å². The van der Waals surface area contributed by atoms with Gasteiger partial charge in [-0.1, -0.05) is 39.5 Å². The fourth-order valence-electron chi connectivity index (χ4n) is 1.42. The largest absolute Gasteiger partial charge is 0.396 e. The molecule has 1 unspecified atom stereocenters. The van der Waals surface area contributed by atoms with Gasteiger partial charge in [-0.2, -0.15) is 0 Å². The van der Waals surface area contributed by atoms with Crippen LogP contribution in [-0.2, 0) is 0 Å². The van der Waals surface area contributed by atoms with E-state index in [0.29, 0.717) is 12.5 Å². The summed E-state index contributed by atoms with van der Waals surface area (Å²) in [5.74, 6) is 0.576. The van der Waals surface area contributed by atoms with Crippen molar-refractivity contribution >= 4 is 29.6 Å². The first-order valence-corrected chi connectivity index (χ1v) is 4.96. The Bertz CT molecular complexity index is 76.2. The molecule has 0 aliphatic rings. The molecule has 0 fully saturated rings. The topological polar surface area (TPSA) is 20.2 Å². The van der Waals surface area contributed by atoms with Crippen molar-refractivity contribution in [3.8, 4) is 0 Å². The van der Waals surface area contributed by atoms with Crippen LogP contribution in [0.25, 0.3) is 0 Å². The zero-order valence-corrected chi connectivity index (χ0v) is 11.0. The third-order valence-corrected chi connectivity index (χ3v) is 2.17. The average molecular weight is 181 g/mol. The molecule has 69 valence electrons. The summed E-state index contributed by atoms with van der Waals surface area (Å²) in [6, 6.07) is 0. The van der Waals surface area contributed by atoms with E-state index in [1.165, 1.54) is 38.5 Å². The second-order valence-corrected chi connectivity index (χ2v) is 3.33. The van der Waals surface area contributed by atoms with Gasteiger partial charge in [0, 0.05) is 36.2 Å². The molecule has 0 saturated heterocycles. The van der Waals surface area contributed by atoms with Gasteiger partial charge in [-0.15, -0.1) is 0 Å². The molecule has 1 nitrogen and oxygen atoms in total. The van der Waals surface area contributed by atoms with Crippen molar-refractivity contribution in [1.82, 2.24) is 0 Å². The minimum atomic E-state index is 0. The van der Waals surface area contributed by atoms with Crippen molar-refractivity contribution in [2.45, 2.75) is 52.4 Å². The molecule has 2 heteroatoms. The predicted octanol–water partition coefficient (Wildman–Crippen LogP) is 2.59. The van der Waals surface area contributed by atoms with Crippen LogP contribution in [0.5, 0.6) is 0 Å². The summed E-state index contributed by atoms with van der Waals surface area (Å²) in [6.45, 7) is 4.79. The Morgan fingerprint density at radius 2 is 1.67 bits per heavy atom. The summed E-state index contributed by atoms with van der Waals surface area (Å²) in [5.41, 5.74) is 0. The molecule has 0 bridgehead atoms. The summed E-state index contributed by atoms with van der Waals surface area (Å²) >= 11 is 0. The molecule has 12 heavy (non-hydrogen) atoms. The Kier molecular flexibility index (Phi) is 15.4. The molecule has 0 aromatic carbocycles. The van der Waals surface area contributed by atoms with Crippen LogP contribution in [0, 0.1) is 5.92 Å². The van der Waals surface area contributed by atoms with Gasteiger partial charge in [0.1, 0.15) is 0 Å². The second-order valence-electron chi connectivity index (χ2n) is 3.33. The van der Waals surface area contributed by atoms with E-state index in [-0.39, 0.29) is 29.6 Å². The van der Waals surface area contributed by atoms with Gasteiger partial charge in [0.05, 0.1) is 0 Å². The SMILES string of the molecule is CCCCCC(CO)CCC.[Na]. The summed E-state index contributed by atoms with van der Waals surface area (Å²) in [6.07, 6.45) is 7.52. The molecule has 0 rings (SSSR count). The third-order valence-electron chi connectivity index (χ3n) is 2.17. The minimum Gasteiger partial charge on any atom is -0.396 e. The molecule has 0 amide bonds. The Labute approximate surface area is 99.2 Å². The van der Waals surface area contributed by atoms with Gasteiger partial charge in [0.2, 0.25) is 0 Å². The summed E-state index contributed by atoms with van der Waals surface area (Å²) in [5, 5.41) is 8.96. The second kappa shape index (κ2) is 12.0. The molecule has 0 aliphatic carbocycles. The molecule has 0 heterocycles. The van der Waals surface area contributed by atoms with Gasteiger partial charge in [0.15, 0.2) is 0 Å². The van der Waals surface area contributed by atoms with Crippen molar-refractivity contribution in [2.24, 2.45) is 5.92 Å². The normalized spacial score (nSPS) is 12.2. The van der Waals surface area contributed by atoms with Crippen molar-refractivity contribution in [3.63, 3.8) is 0 Å². The van der Waals surface area contributed by atoms with Gasteiger partial charge < -0.3 is 5.11 Å².